The third kappa shape index (κ3) is 9.18. The lowest BCUT2D eigenvalue weighted by Gasteiger charge is -2.13. The van der Waals surface area contributed by atoms with Crippen LogP contribution in [0.3, 0.4) is 0 Å². The van der Waals surface area contributed by atoms with Crippen molar-refractivity contribution in [2.75, 3.05) is 28.4 Å². The molecule has 0 rings (SSSR count). The fourth-order valence-corrected chi connectivity index (χ4v) is 1.50. The van der Waals surface area contributed by atoms with Gasteiger partial charge in [0.15, 0.2) is 0 Å². The lowest BCUT2D eigenvalue weighted by molar-refractivity contribution is -0.167. The predicted octanol–water partition coefficient (Wildman–Crippen LogP) is -1.71. The lowest BCUT2D eigenvalue weighted by atomic mass is 10.2. The summed E-state index contributed by atoms with van der Waals surface area (Å²) in [5, 5.41) is 0. The van der Waals surface area contributed by atoms with Gasteiger partial charge in [0.2, 0.25) is 12.2 Å². The molecular weight excluding hydrogens is 384 g/mol. The van der Waals surface area contributed by atoms with Crippen molar-refractivity contribution in [2.24, 2.45) is 0 Å². The smallest absolute Gasteiger partial charge is 0.385 e. The van der Waals surface area contributed by atoms with Crippen LogP contribution in [-0.4, -0.2) is 76.5 Å². The number of ether oxygens (including phenoxy) is 6. The van der Waals surface area contributed by atoms with Gasteiger partial charge in [-0.3, -0.25) is 9.59 Å². The predicted molar refractivity (Wildman–Crippen MR) is 84.8 cm³/mol. The van der Waals surface area contributed by atoms with E-state index in [2.05, 4.69) is 28.4 Å². The van der Waals surface area contributed by atoms with E-state index in [9.17, 15) is 28.8 Å². The molecule has 0 aliphatic heterocycles. The Morgan fingerprint density at radius 3 is 1.18 bits per heavy atom. The van der Waals surface area contributed by atoms with Crippen LogP contribution < -0.4 is 0 Å². The fourth-order valence-electron chi connectivity index (χ4n) is 1.50. The molecule has 154 valence electrons. The van der Waals surface area contributed by atoms with Crippen molar-refractivity contribution in [1.82, 2.24) is 0 Å². The van der Waals surface area contributed by atoms with Crippen molar-refractivity contribution in [3.63, 3.8) is 0 Å². The summed E-state index contributed by atoms with van der Waals surface area (Å²) in [5.41, 5.74) is 0. The topological polar surface area (TPSA) is 158 Å². The molecule has 12 heteroatoms. The third-order valence-corrected chi connectivity index (χ3v) is 2.85. The summed E-state index contributed by atoms with van der Waals surface area (Å²) in [5.74, 6) is -3.15. The maximum absolute atomic E-state index is 11.6. The molecule has 0 saturated carbocycles. The van der Waals surface area contributed by atoms with E-state index in [0.29, 0.717) is 0 Å². The molecule has 0 aliphatic carbocycles. The minimum atomic E-state index is -1.64. The van der Waals surface area contributed by atoms with Gasteiger partial charge in [0, 0.05) is 11.8 Å². The van der Waals surface area contributed by atoms with Gasteiger partial charge in [0.25, 0.3) is 0 Å². The van der Waals surface area contributed by atoms with Gasteiger partial charge in [-0.1, -0.05) is 0 Å². The van der Waals surface area contributed by atoms with E-state index in [-0.39, 0.29) is 0 Å². The maximum atomic E-state index is 11.6. The first-order valence-corrected chi connectivity index (χ1v) is 7.40. The molecule has 0 unspecified atom stereocenters. The van der Waals surface area contributed by atoms with Crippen molar-refractivity contribution >= 4 is 35.8 Å². The van der Waals surface area contributed by atoms with Gasteiger partial charge in [0.05, 0.1) is 41.3 Å². The molecular formula is C16H18O12. The van der Waals surface area contributed by atoms with Crippen LogP contribution in [0.25, 0.3) is 0 Å². The van der Waals surface area contributed by atoms with Crippen LogP contribution in [0.2, 0.25) is 0 Å². The zero-order valence-electron chi connectivity index (χ0n) is 15.5. The summed E-state index contributed by atoms with van der Waals surface area (Å²) < 4.78 is 26.7. The first kappa shape index (κ1) is 24.4. The van der Waals surface area contributed by atoms with Crippen molar-refractivity contribution in [3.05, 3.63) is 0 Å². The highest BCUT2D eigenvalue weighted by molar-refractivity contribution is 6.00. The fraction of sp³-hybridized carbons (Fsp3) is 0.500. The minimum Gasteiger partial charge on any atom is -0.469 e. The van der Waals surface area contributed by atoms with Gasteiger partial charge < -0.3 is 28.4 Å². The largest absolute Gasteiger partial charge is 0.469 e. The summed E-state index contributed by atoms with van der Waals surface area (Å²) in [6.07, 6.45) is -4.55. The van der Waals surface area contributed by atoms with Gasteiger partial charge in [-0.2, -0.15) is 0 Å². The molecule has 2 atom stereocenters. The molecule has 0 aliphatic rings. The first-order valence-electron chi connectivity index (χ1n) is 7.40. The second-order valence-corrected chi connectivity index (χ2v) is 4.64. The number of carbonyl (C=O) groups is 6. The molecule has 0 saturated heterocycles. The Bertz CT molecular complexity index is 627. The zero-order chi connectivity index (χ0) is 21.7. The summed E-state index contributed by atoms with van der Waals surface area (Å²) in [4.78, 5) is 68.6. The minimum absolute atomic E-state index is 0.634. The highest BCUT2D eigenvalue weighted by atomic mass is 16.6. The summed E-state index contributed by atoms with van der Waals surface area (Å²) in [7, 11) is 4.11. The van der Waals surface area contributed by atoms with E-state index in [1.165, 1.54) is 0 Å². The molecule has 12 nitrogen and oxygen atoms in total. The van der Waals surface area contributed by atoms with E-state index < -0.39 is 60.9 Å². The Balaban J connectivity index is 5.00. The van der Waals surface area contributed by atoms with Crippen LogP contribution in [0.4, 0.5) is 0 Å². The van der Waals surface area contributed by atoms with Crippen LogP contribution in [0.1, 0.15) is 12.8 Å². The normalized spacial score (nSPS) is 11.4. The molecule has 0 N–H and O–H groups in total. The Morgan fingerprint density at radius 2 is 0.929 bits per heavy atom. The van der Waals surface area contributed by atoms with Gasteiger partial charge in [0.1, 0.15) is 0 Å². The second kappa shape index (κ2) is 12.7. The highest BCUT2D eigenvalue weighted by Gasteiger charge is 2.28. The average molecular weight is 402 g/mol. The van der Waals surface area contributed by atoms with Crippen LogP contribution in [-0.2, 0) is 57.2 Å². The lowest BCUT2D eigenvalue weighted by Crippen LogP contribution is -2.31. The third-order valence-electron chi connectivity index (χ3n) is 2.85. The van der Waals surface area contributed by atoms with Crippen LogP contribution >= 0.6 is 0 Å². The molecule has 0 amide bonds. The Hall–Kier alpha value is -3.62. The first-order chi connectivity index (χ1) is 13.2. The quantitative estimate of drug-likeness (QED) is 0.196. The molecule has 0 heterocycles. The van der Waals surface area contributed by atoms with Crippen LogP contribution in [0, 0.1) is 11.8 Å². The van der Waals surface area contributed by atoms with Gasteiger partial charge in [-0.15, -0.1) is 0 Å². The van der Waals surface area contributed by atoms with Crippen molar-refractivity contribution in [3.8, 4) is 11.8 Å². The average Bonchev–Trinajstić information content (AvgIpc) is 2.69. The van der Waals surface area contributed by atoms with E-state index in [0.717, 1.165) is 28.4 Å². The van der Waals surface area contributed by atoms with E-state index in [4.69, 9.17) is 0 Å². The van der Waals surface area contributed by atoms with E-state index >= 15 is 0 Å². The summed E-state index contributed by atoms with van der Waals surface area (Å²) in [6.45, 7) is 0. The molecule has 0 spiro atoms. The number of methoxy groups -OCH3 is 4. The van der Waals surface area contributed by atoms with Crippen molar-refractivity contribution in [2.45, 2.75) is 25.0 Å². The number of hydrogen-bond donors (Lipinski definition) is 0. The molecule has 0 aromatic rings. The molecule has 0 aromatic carbocycles. The number of hydrogen-bond acceptors (Lipinski definition) is 12. The van der Waals surface area contributed by atoms with Gasteiger partial charge in [-0.05, 0) is 0 Å². The van der Waals surface area contributed by atoms with E-state index in [1.54, 1.807) is 11.8 Å². The van der Waals surface area contributed by atoms with Crippen molar-refractivity contribution in [1.29, 1.82) is 0 Å². The van der Waals surface area contributed by atoms with Crippen LogP contribution in [0.15, 0.2) is 0 Å². The summed E-state index contributed by atoms with van der Waals surface area (Å²) in [6, 6.07) is 0. The second-order valence-electron chi connectivity index (χ2n) is 4.64. The number of rotatable bonds is 8. The number of esters is 6. The molecule has 0 aromatic heterocycles. The number of carbonyl (C=O) groups excluding carboxylic acids is 6. The SMILES string of the molecule is COC(=O)C[C@H](OC(=O)C#CC(=O)O[C@@H](CC(=O)OC)C(=O)OC)C(=O)OC. The summed E-state index contributed by atoms with van der Waals surface area (Å²) >= 11 is 0. The Kier molecular flexibility index (Phi) is 11.0. The zero-order valence-corrected chi connectivity index (χ0v) is 15.5. The van der Waals surface area contributed by atoms with Gasteiger partial charge >= 0.3 is 35.8 Å². The van der Waals surface area contributed by atoms with E-state index in [1.807, 2.05) is 0 Å². The standard InChI is InChI=1S/C16H18O12/c1-23-13(19)7-9(15(21)25-3)27-11(17)5-6-12(18)28-10(16(22)26-4)8-14(20)24-2/h9-10H,7-8H2,1-4H3/t9-,10-/m0/s1. The van der Waals surface area contributed by atoms with Gasteiger partial charge in [-0.25, -0.2) is 19.2 Å². The maximum Gasteiger partial charge on any atom is 0.385 e. The Labute approximate surface area is 159 Å². The van der Waals surface area contributed by atoms with Crippen LogP contribution in [0.5, 0.6) is 0 Å². The van der Waals surface area contributed by atoms with Crippen molar-refractivity contribution < 1.29 is 57.2 Å². The molecule has 28 heavy (non-hydrogen) atoms. The monoisotopic (exact) mass is 402 g/mol. The molecule has 0 bridgehead atoms. The molecule has 0 fully saturated rings. The Morgan fingerprint density at radius 1 is 0.607 bits per heavy atom. The molecule has 0 radical (unpaired) electrons. The highest BCUT2D eigenvalue weighted by Crippen LogP contribution is 2.05.